The monoisotopic (exact) mass is 190 g/mol. The second-order valence-electron chi connectivity index (χ2n) is 3.09. The molecule has 0 aliphatic heterocycles. The van der Waals surface area contributed by atoms with Crippen LogP contribution in [0.15, 0.2) is 22.6 Å². The van der Waals surface area contributed by atoms with Crippen LogP contribution in [-0.2, 0) is 6.42 Å². The molecule has 2 rings (SSSR count). The number of aldehydes is 1. The van der Waals surface area contributed by atoms with Gasteiger partial charge in [0, 0.05) is 17.9 Å². The molecule has 1 aromatic carbocycles. The van der Waals surface area contributed by atoms with Gasteiger partial charge in [-0.2, -0.15) is 0 Å². The minimum Gasteiger partial charge on any atom is -0.508 e. The minimum absolute atomic E-state index is 0.145. The van der Waals surface area contributed by atoms with Crippen molar-refractivity contribution in [2.75, 3.05) is 0 Å². The fourth-order valence-corrected chi connectivity index (χ4v) is 1.55. The average molecular weight is 190 g/mol. The number of benzene rings is 1. The Bertz CT molecular complexity index is 482. The highest BCUT2D eigenvalue weighted by Crippen LogP contribution is 2.27. The summed E-state index contributed by atoms with van der Waals surface area (Å²) in [6.45, 7) is 1.92. The molecule has 0 unspecified atom stereocenters. The summed E-state index contributed by atoms with van der Waals surface area (Å²) in [5, 5.41) is 9.99. The molecular formula is C11H10O3. The van der Waals surface area contributed by atoms with Crippen LogP contribution in [0, 0.1) is 0 Å². The maximum atomic E-state index is 10.8. The van der Waals surface area contributed by atoms with E-state index in [1.807, 2.05) is 6.92 Å². The van der Waals surface area contributed by atoms with Crippen molar-refractivity contribution in [3.63, 3.8) is 0 Å². The third-order valence-corrected chi connectivity index (χ3v) is 2.23. The average Bonchev–Trinajstić information content (AvgIpc) is 2.54. The summed E-state index contributed by atoms with van der Waals surface area (Å²) >= 11 is 0. The van der Waals surface area contributed by atoms with Crippen LogP contribution in [0.25, 0.3) is 11.0 Å². The number of fused-ring (bicyclic) bond motifs is 1. The largest absolute Gasteiger partial charge is 0.508 e. The lowest BCUT2D eigenvalue weighted by Gasteiger charge is -1.89. The zero-order valence-corrected chi connectivity index (χ0v) is 7.78. The molecule has 1 aromatic heterocycles. The van der Waals surface area contributed by atoms with Crippen LogP contribution >= 0.6 is 0 Å². The standard InChI is InChI=1S/C11H10O3/c1-2-10-9(6-12)8-4-3-7(13)5-11(8)14-10/h3-6,13H,2H2,1H3. The first-order valence-electron chi connectivity index (χ1n) is 4.45. The normalized spacial score (nSPS) is 10.6. The number of phenolic OH excluding ortho intramolecular Hbond substituents is 1. The maximum absolute atomic E-state index is 10.8. The lowest BCUT2D eigenvalue weighted by molar-refractivity contribution is 0.112. The molecule has 0 spiro atoms. The highest BCUT2D eigenvalue weighted by Gasteiger charge is 2.11. The number of carbonyl (C=O) groups is 1. The molecule has 3 nitrogen and oxygen atoms in total. The second kappa shape index (κ2) is 3.18. The number of aromatic hydroxyl groups is 1. The molecule has 2 aromatic rings. The van der Waals surface area contributed by atoms with E-state index in [0.29, 0.717) is 23.3 Å². The first-order valence-corrected chi connectivity index (χ1v) is 4.45. The van der Waals surface area contributed by atoms with Crippen molar-refractivity contribution in [2.24, 2.45) is 0 Å². The van der Waals surface area contributed by atoms with Gasteiger partial charge in [-0.05, 0) is 12.1 Å². The van der Waals surface area contributed by atoms with Gasteiger partial charge < -0.3 is 9.52 Å². The minimum atomic E-state index is 0.145. The Hall–Kier alpha value is -1.77. The molecule has 0 aliphatic rings. The predicted octanol–water partition coefficient (Wildman–Crippen LogP) is 2.51. The van der Waals surface area contributed by atoms with E-state index in [1.54, 1.807) is 12.1 Å². The number of aryl methyl sites for hydroxylation is 1. The number of phenols is 1. The molecule has 1 heterocycles. The van der Waals surface area contributed by atoms with Crippen LogP contribution in [0.1, 0.15) is 23.0 Å². The zero-order valence-electron chi connectivity index (χ0n) is 7.78. The van der Waals surface area contributed by atoms with Gasteiger partial charge in [-0.15, -0.1) is 0 Å². The molecule has 0 saturated heterocycles. The van der Waals surface area contributed by atoms with Crippen LogP contribution in [0.3, 0.4) is 0 Å². The summed E-state index contributed by atoms with van der Waals surface area (Å²) in [7, 11) is 0. The lowest BCUT2D eigenvalue weighted by atomic mass is 10.1. The van der Waals surface area contributed by atoms with Crippen LogP contribution in [0.2, 0.25) is 0 Å². The Balaban J connectivity index is 2.79. The predicted molar refractivity (Wildman–Crippen MR) is 52.6 cm³/mol. The van der Waals surface area contributed by atoms with Crippen LogP contribution in [0.4, 0.5) is 0 Å². The van der Waals surface area contributed by atoms with E-state index >= 15 is 0 Å². The van der Waals surface area contributed by atoms with E-state index in [4.69, 9.17) is 4.42 Å². The van der Waals surface area contributed by atoms with Gasteiger partial charge in [-0.3, -0.25) is 4.79 Å². The number of carbonyl (C=O) groups excluding carboxylic acids is 1. The summed E-state index contributed by atoms with van der Waals surface area (Å²) in [5.74, 6) is 0.812. The van der Waals surface area contributed by atoms with E-state index in [1.165, 1.54) is 6.07 Å². The number of furan rings is 1. The van der Waals surface area contributed by atoms with Crippen molar-refractivity contribution in [3.05, 3.63) is 29.5 Å². The van der Waals surface area contributed by atoms with Gasteiger partial charge >= 0.3 is 0 Å². The van der Waals surface area contributed by atoms with Crippen LogP contribution in [0.5, 0.6) is 5.75 Å². The van der Waals surface area contributed by atoms with Gasteiger partial charge in [0.2, 0.25) is 0 Å². The molecule has 0 radical (unpaired) electrons. The van der Waals surface area contributed by atoms with E-state index in [-0.39, 0.29) is 5.75 Å². The number of hydrogen-bond acceptors (Lipinski definition) is 3. The third kappa shape index (κ3) is 1.18. The van der Waals surface area contributed by atoms with Gasteiger partial charge in [-0.1, -0.05) is 6.92 Å². The smallest absolute Gasteiger partial charge is 0.154 e. The van der Waals surface area contributed by atoms with Crippen molar-refractivity contribution < 1.29 is 14.3 Å². The maximum Gasteiger partial charge on any atom is 0.154 e. The van der Waals surface area contributed by atoms with E-state index in [0.717, 1.165) is 11.7 Å². The second-order valence-corrected chi connectivity index (χ2v) is 3.09. The fourth-order valence-electron chi connectivity index (χ4n) is 1.55. The Morgan fingerprint density at radius 3 is 2.93 bits per heavy atom. The SMILES string of the molecule is CCc1oc2cc(O)ccc2c1C=O. The van der Waals surface area contributed by atoms with Crippen molar-refractivity contribution >= 4 is 17.3 Å². The molecule has 72 valence electrons. The van der Waals surface area contributed by atoms with Gasteiger partial charge in [0.1, 0.15) is 17.1 Å². The summed E-state index contributed by atoms with van der Waals surface area (Å²) in [6.07, 6.45) is 1.46. The molecule has 0 amide bonds. The first-order chi connectivity index (χ1) is 6.76. The van der Waals surface area contributed by atoms with Gasteiger partial charge in [0.15, 0.2) is 6.29 Å². The topological polar surface area (TPSA) is 50.4 Å². The summed E-state index contributed by atoms with van der Waals surface area (Å²) < 4.78 is 5.43. The number of rotatable bonds is 2. The summed E-state index contributed by atoms with van der Waals surface area (Å²) in [5.41, 5.74) is 1.14. The molecule has 0 saturated carbocycles. The molecule has 14 heavy (non-hydrogen) atoms. The van der Waals surface area contributed by atoms with Crippen molar-refractivity contribution in [1.82, 2.24) is 0 Å². The van der Waals surface area contributed by atoms with E-state index in [2.05, 4.69) is 0 Å². The highest BCUT2D eigenvalue weighted by molar-refractivity contribution is 5.97. The Morgan fingerprint density at radius 2 is 2.29 bits per heavy atom. The molecule has 0 fully saturated rings. The Labute approximate surface area is 81.0 Å². The molecule has 0 aliphatic carbocycles. The Kier molecular flexibility index (Phi) is 2.00. The van der Waals surface area contributed by atoms with Crippen LogP contribution < -0.4 is 0 Å². The summed E-state index contributed by atoms with van der Waals surface area (Å²) in [4.78, 5) is 10.8. The zero-order chi connectivity index (χ0) is 10.1. The molecular weight excluding hydrogens is 180 g/mol. The van der Waals surface area contributed by atoms with E-state index in [9.17, 15) is 9.90 Å². The van der Waals surface area contributed by atoms with Crippen molar-refractivity contribution in [1.29, 1.82) is 0 Å². The molecule has 3 heteroatoms. The van der Waals surface area contributed by atoms with E-state index < -0.39 is 0 Å². The Morgan fingerprint density at radius 1 is 1.50 bits per heavy atom. The highest BCUT2D eigenvalue weighted by atomic mass is 16.3. The van der Waals surface area contributed by atoms with Gasteiger partial charge in [0.05, 0.1) is 5.56 Å². The lowest BCUT2D eigenvalue weighted by Crippen LogP contribution is -1.83. The number of hydrogen-bond donors (Lipinski definition) is 1. The summed E-state index contributed by atoms with van der Waals surface area (Å²) in [6, 6.07) is 4.75. The van der Waals surface area contributed by atoms with Gasteiger partial charge in [-0.25, -0.2) is 0 Å². The van der Waals surface area contributed by atoms with Crippen LogP contribution in [-0.4, -0.2) is 11.4 Å². The fraction of sp³-hybridized carbons (Fsp3) is 0.182. The van der Waals surface area contributed by atoms with Gasteiger partial charge in [0.25, 0.3) is 0 Å². The molecule has 0 bridgehead atoms. The first kappa shape index (κ1) is 8.81. The quantitative estimate of drug-likeness (QED) is 0.740. The third-order valence-electron chi connectivity index (χ3n) is 2.23. The van der Waals surface area contributed by atoms with Crippen molar-refractivity contribution in [3.8, 4) is 5.75 Å². The van der Waals surface area contributed by atoms with Crippen molar-refractivity contribution in [2.45, 2.75) is 13.3 Å². The molecule has 1 N–H and O–H groups in total. The molecule has 0 atom stereocenters.